The smallest absolute Gasteiger partial charge is 0.338 e. The number of hydrogen-bond acceptors (Lipinski definition) is 4. The maximum atomic E-state index is 12.3. The van der Waals surface area contributed by atoms with E-state index in [0.29, 0.717) is 35.3 Å². The Balaban J connectivity index is 1.76. The minimum absolute atomic E-state index is 0.420. The second-order valence-electron chi connectivity index (χ2n) is 4.93. The Morgan fingerprint density at radius 2 is 1.86 bits per heavy atom. The zero-order valence-electron chi connectivity index (χ0n) is 12.0. The second kappa shape index (κ2) is 6.28. The number of rotatable bonds is 3. The third-order valence-electron chi connectivity index (χ3n) is 3.40. The van der Waals surface area contributed by atoms with Gasteiger partial charge in [-0.25, -0.2) is 4.79 Å². The molecule has 0 bridgehead atoms. The van der Waals surface area contributed by atoms with Crippen molar-refractivity contribution in [1.82, 2.24) is 0 Å². The lowest BCUT2D eigenvalue weighted by molar-refractivity contribution is 0.0337. The molecule has 0 aliphatic carbocycles. The van der Waals surface area contributed by atoms with E-state index >= 15 is 0 Å². The molecule has 5 heteroatoms. The first kappa shape index (κ1) is 14.7. The Labute approximate surface area is 133 Å². The molecule has 0 saturated carbocycles. The number of esters is 1. The third kappa shape index (κ3) is 3.02. The van der Waals surface area contributed by atoms with Crippen LogP contribution in [0.15, 0.2) is 42.5 Å². The fraction of sp³-hybridized carbons (Fsp3) is 0.235. The van der Waals surface area contributed by atoms with Gasteiger partial charge in [-0.1, -0.05) is 29.8 Å². The molecule has 0 fully saturated rings. The average Bonchev–Trinajstić information content (AvgIpc) is 2.54. The van der Waals surface area contributed by atoms with Crippen molar-refractivity contribution in [3.05, 3.63) is 58.6 Å². The first-order valence-electron chi connectivity index (χ1n) is 7.00. The van der Waals surface area contributed by atoms with Crippen LogP contribution < -0.4 is 9.47 Å². The standard InChI is InChI=1S/C17H15ClO4/c1-11(13-4-2-3-5-14(13)18)22-17(19)12-6-7-15-16(10-12)21-9-8-20-15/h2-7,10-11H,8-9H2,1H3/t11-/m1/s1. The molecule has 2 aromatic rings. The summed E-state index contributed by atoms with van der Waals surface area (Å²) in [6.07, 6.45) is -0.436. The van der Waals surface area contributed by atoms with Gasteiger partial charge in [-0.2, -0.15) is 0 Å². The highest BCUT2D eigenvalue weighted by Crippen LogP contribution is 2.32. The van der Waals surface area contributed by atoms with Crippen molar-refractivity contribution in [3.63, 3.8) is 0 Å². The fourth-order valence-corrected chi connectivity index (χ4v) is 2.56. The third-order valence-corrected chi connectivity index (χ3v) is 3.75. The van der Waals surface area contributed by atoms with Gasteiger partial charge in [0.05, 0.1) is 5.56 Å². The summed E-state index contributed by atoms with van der Waals surface area (Å²) in [5, 5.41) is 0.574. The Morgan fingerprint density at radius 1 is 1.14 bits per heavy atom. The van der Waals surface area contributed by atoms with Gasteiger partial charge in [0.25, 0.3) is 0 Å². The molecule has 1 atom stereocenters. The van der Waals surface area contributed by atoms with Crippen molar-refractivity contribution in [1.29, 1.82) is 0 Å². The highest BCUT2D eigenvalue weighted by Gasteiger charge is 2.19. The lowest BCUT2D eigenvalue weighted by Gasteiger charge is -2.19. The van der Waals surface area contributed by atoms with Crippen molar-refractivity contribution in [2.75, 3.05) is 13.2 Å². The maximum absolute atomic E-state index is 12.3. The largest absolute Gasteiger partial charge is 0.486 e. The van der Waals surface area contributed by atoms with Crippen molar-refractivity contribution < 1.29 is 19.0 Å². The van der Waals surface area contributed by atoms with E-state index in [1.165, 1.54) is 0 Å². The van der Waals surface area contributed by atoms with Crippen LogP contribution in [0.25, 0.3) is 0 Å². The van der Waals surface area contributed by atoms with Crippen LogP contribution in [0.5, 0.6) is 11.5 Å². The minimum Gasteiger partial charge on any atom is -0.486 e. The predicted octanol–water partition coefficient (Wildman–Crippen LogP) is 4.03. The summed E-state index contributed by atoms with van der Waals surface area (Å²) in [5.41, 5.74) is 1.19. The quantitative estimate of drug-likeness (QED) is 0.802. The average molecular weight is 319 g/mol. The van der Waals surface area contributed by atoms with E-state index in [4.69, 9.17) is 25.8 Å². The van der Waals surface area contributed by atoms with Gasteiger partial charge < -0.3 is 14.2 Å². The molecule has 0 radical (unpaired) electrons. The molecule has 0 aromatic heterocycles. The van der Waals surface area contributed by atoms with E-state index in [1.807, 2.05) is 18.2 Å². The van der Waals surface area contributed by atoms with Crippen LogP contribution >= 0.6 is 11.6 Å². The summed E-state index contributed by atoms with van der Waals surface area (Å²) < 4.78 is 16.4. The highest BCUT2D eigenvalue weighted by atomic mass is 35.5. The van der Waals surface area contributed by atoms with Gasteiger partial charge >= 0.3 is 5.97 Å². The Morgan fingerprint density at radius 3 is 2.64 bits per heavy atom. The van der Waals surface area contributed by atoms with Gasteiger partial charge in [0.15, 0.2) is 11.5 Å². The summed E-state index contributed by atoms with van der Waals surface area (Å²) >= 11 is 6.12. The van der Waals surface area contributed by atoms with Crippen molar-refractivity contribution in [2.24, 2.45) is 0 Å². The number of halogens is 1. The zero-order valence-corrected chi connectivity index (χ0v) is 12.8. The van der Waals surface area contributed by atoms with Gasteiger partial charge in [0.2, 0.25) is 0 Å². The topological polar surface area (TPSA) is 44.8 Å². The lowest BCUT2D eigenvalue weighted by atomic mass is 10.1. The Bertz CT molecular complexity index is 699. The summed E-state index contributed by atoms with van der Waals surface area (Å²) in [7, 11) is 0. The monoisotopic (exact) mass is 318 g/mol. The molecule has 114 valence electrons. The normalized spacial score (nSPS) is 14.3. The van der Waals surface area contributed by atoms with Crippen molar-refractivity contribution >= 4 is 17.6 Å². The molecular formula is C17H15ClO4. The van der Waals surface area contributed by atoms with Crippen LogP contribution in [0.4, 0.5) is 0 Å². The zero-order chi connectivity index (χ0) is 15.5. The van der Waals surface area contributed by atoms with E-state index in [-0.39, 0.29) is 0 Å². The number of fused-ring (bicyclic) bond motifs is 1. The number of carbonyl (C=O) groups is 1. The maximum Gasteiger partial charge on any atom is 0.338 e. The van der Waals surface area contributed by atoms with Crippen LogP contribution in [0.1, 0.15) is 28.9 Å². The first-order chi connectivity index (χ1) is 10.6. The Hall–Kier alpha value is -2.20. The van der Waals surface area contributed by atoms with Crippen molar-refractivity contribution in [3.8, 4) is 11.5 Å². The van der Waals surface area contributed by atoms with Gasteiger partial charge in [0.1, 0.15) is 19.3 Å². The summed E-state index contributed by atoms with van der Waals surface area (Å²) in [5.74, 6) is 0.775. The lowest BCUT2D eigenvalue weighted by Crippen LogP contribution is -2.16. The van der Waals surface area contributed by atoms with E-state index in [1.54, 1.807) is 31.2 Å². The predicted molar refractivity (Wildman–Crippen MR) is 82.7 cm³/mol. The molecule has 22 heavy (non-hydrogen) atoms. The van der Waals surface area contributed by atoms with Crippen LogP contribution in [0, 0.1) is 0 Å². The van der Waals surface area contributed by atoms with Crippen molar-refractivity contribution in [2.45, 2.75) is 13.0 Å². The van der Waals surface area contributed by atoms with Crippen LogP contribution in [-0.4, -0.2) is 19.2 Å². The minimum atomic E-state index is -0.436. The molecule has 0 saturated heterocycles. The van der Waals surface area contributed by atoms with E-state index < -0.39 is 12.1 Å². The van der Waals surface area contributed by atoms with E-state index in [2.05, 4.69) is 0 Å². The molecule has 4 nitrogen and oxygen atoms in total. The molecule has 1 heterocycles. The highest BCUT2D eigenvalue weighted by molar-refractivity contribution is 6.31. The summed E-state index contributed by atoms with van der Waals surface area (Å²) in [4.78, 5) is 12.3. The summed E-state index contributed by atoms with van der Waals surface area (Å²) in [6.45, 7) is 2.78. The van der Waals surface area contributed by atoms with Gasteiger partial charge in [-0.15, -0.1) is 0 Å². The molecular weight excluding hydrogens is 304 g/mol. The number of hydrogen-bond donors (Lipinski definition) is 0. The first-order valence-corrected chi connectivity index (χ1v) is 7.38. The van der Waals surface area contributed by atoms with Crippen LogP contribution in [-0.2, 0) is 4.74 Å². The SMILES string of the molecule is C[C@@H](OC(=O)c1ccc2c(c1)OCCO2)c1ccccc1Cl. The number of benzene rings is 2. The summed E-state index contributed by atoms with van der Waals surface area (Å²) in [6, 6.07) is 12.3. The molecule has 2 aromatic carbocycles. The van der Waals surface area contributed by atoms with Crippen LogP contribution in [0.3, 0.4) is 0 Å². The second-order valence-corrected chi connectivity index (χ2v) is 5.33. The molecule has 3 rings (SSSR count). The Kier molecular flexibility index (Phi) is 4.20. The molecule has 0 amide bonds. The van der Waals surface area contributed by atoms with Gasteiger partial charge in [-0.05, 0) is 31.2 Å². The van der Waals surface area contributed by atoms with Gasteiger partial charge in [0, 0.05) is 10.6 Å². The van der Waals surface area contributed by atoms with Crippen LogP contribution in [0.2, 0.25) is 5.02 Å². The molecule has 0 spiro atoms. The molecule has 1 aliphatic heterocycles. The number of carbonyl (C=O) groups excluding carboxylic acids is 1. The van der Waals surface area contributed by atoms with E-state index in [9.17, 15) is 4.79 Å². The molecule has 1 aliphatic rings. The number of ether oxygens (including phenoxy) is 3. The fourth-order valence-electron chi connectivity index (χ4n) is 2.27. The molecule has 0 unspecified atom stereocenters. The van der Waals surface area contributed by atoms with Gasteiger partial charge in [-0.3, -0.25) is 0 Å². The van der Waals surface area contributed by atoms with E-state index in [0.717, 1.165) is 5.56 Å². The molecule has 0 N–H and O–H groups in total.